The van der Waals surface area contributed by atoms with E-state index in [9.17, 15) is 13.2 Å². The van der Waals surface area contributed by atoms with Crippen LogP contribution in [-0.2, 0) is 12.8 Å². The van der Waals surface area contributed by atoms with Crippen molar-refractivity contribution >= 4 is 15.9 Å². The fraction of sp³-hybridized carbons (Fsp3) is 0.200. The third kappa shape index (κ3) is 4.14. The molecule has 0 aromatic heterocycles. The van der Waals surface area contributed by atoms with Crippen molar-refractivity contribution in [3.05, 3.63) is 58.1 Å². The Hall–Kier alpha value is -1.69. The first kappa shape index (κ1) is 15.7. The third-order valence-corrected chi connectivity index (χ3v) is 3.30. The smallest absolute Gasteiger partial charge is 0.419 e. The SMILES string of the molecule is COc1ccc(COc2cc(Br)ccc2C(F)(F)F)cc1. The van der Waals surface area contributed by atoms with Crippen LogP contribution >= 0.6 is 15.9 Å². The summed E-state index contributed by atoms with van der Waals surface area (Å²) in [6.07, 6.45) is -4.45. The van der Waals surface area contributed by atoms with Gasteiger partial charge >= 0.3 is 6.18 Å². The molecule has 0 saturated carbocycles. The van der Waals surface area contributed by atoms with Crippen molar-refractivity contribution in [1.82, 2.24) is 0 Å². The first-order valence-electron chi connectivity index (χ1n) is 6.02. The van der Waals surface area contributed by atoms with Gasteiger partial charge in [0.1, 0.15) is 18.1 Å². The van der Waals surface area contributed by atoms with Gasteiger partial charge in [-0.15, -0.1) is 0 Å². The third-order valence-electron chi connectivity index (χ3n) is 2.80. The molecule has 2 nitrogen and oxygen atoms in total. The van der Waals surface area contributed by atoms with Crippen LogP contribution in [0.4, 0.5) is 13.2 Å². The Kier molecular flexibility index (Phi) is 4.77. The highest BCUT2D eigenvalue weighted by Crippen LogP contribution is 2.38. The summed E-state index contributed by atoms with van der Waals surface area (Å²) in [7, 11) is 1.54. The maximum atomic E-state index is 12.9. The van der Waals surface area contributed by atoms with Crippen LogP contribution in [0.25, 0.3) is 0 Å². The monoisotopic (exact) mass is 360 g/mol. The highest BCUT2D eigenvalue weighted by atomic mass is 79.9. The van der Waals surface area contributed by atoms with Gasteiger partial charge in [0, 0.05) is 4.47 Å². The largest absolute Gasteiger partial charge is 0.497 e. The molecule has 0 amide bonds. The molecule has 0 radical (unpaired) electrons. The van der Waals surface area contributed by atoms with Crippen molar-refractivity contribution in [3.63, 3.8) is 0 Å². The summed E-state index contributed by atoms with van der Waals surface area (Å²) in [5.74, 6) is 0.477. The van der Waals surface area contributed by atoms with E-state index in [0.29, 0.717) is 10.2 Å². The lowest BCUT2D eigenvalue weighted by Gasteiger charge is -2.14. The Morgan fingerprint density at radius 2 is 1.71 bits per heavy atom. The number of alkyl halides is 3. The van der Waals surface area contributed by atoms with Crippen LogP contribution in [0, 0.1) is 0 Å². The Morgan fingerprint density at radius 3 is 2.29 bits per heavy atom. The van der Waals surface area contributed by atoms with Gasteiger partial charge in [0.2, 0.25) is 0 Å². The number of hydrogen-bond donors (Lipinski definition) is 0. The van der Waals surface area contributed by atoms with E-state index in [1.165, 1.54) is 12.1 Å². The molecular formula is C15H12BrF3O2. The fourth-order valence-corrected chi connectivity index (χ4v) is 2.07. The number of halogens is 4. The van der Waals surface area contributed by atoms with Crippen molar-refractivity contribution in [2.45, 2.75) is 12.8 Å². The summed E-state index contributed by atoms with van der Waals surface area (Å²) in [6.45, 7) is 0.0452. The zero-order valence-corrected chi connectivity index (χ0v) is 12.7. The molecule has 0 unspecified atom stereocenters. The van der Waals surface area contributed by atoms with Gasteiger partial charge in [-0.2, -0.15) is 13.2 Å². The minimum absolute atomic E-state index is 0.0452. The average molecular weight is 361 g/mol. The summed E-state index contributed by atoms with van der Waals surface area (Å²) in [6, 6.07) is 10.6. The van der Waals surface area contributed by atoms with Crippen molar-refractivity contribution in [2.24, 2.45) is 0 Å². The first-order valence-corrected chi connectivity index (χ1v) is 6.82. The van der Waals surface area contributed by atoms with E-state index >= 15 is 0 Å². The van der Waals surface area contributed by atoms with E-state index in [1.54, 1.807) is 31.4 Å². The second-order valence-electron chi connectivity index (χ2n) is 4.27. The van der Waals surface area contributed by atoms with E-state index in [0.717, 1.165) is 11.6 Å². The van der Waals surface area contributed by atoms with E-state index in [1.807, 2.05) is 0 Å². The molecule has 0 aliphatic rings. The molecule has 2 aromatic rings. The molecule has 0 aliphatic carbocycles. The topological polar surface area (TPSA) is 18.5 Å². The molecule has 0 spiro atoms. The van der Waals surface area contributed by atoms with Gasteiger partial charge in [-0.3, -0.25) is 0 Å². The second kappa shape index (κ2) is 6.39. The normalized spacial score (nSPS) is 11.3. The summed E-state index contributed by atoms with van der Waals surface area (Å²) in [4.78, 5) is 0. The minimum atomic E-state index is -4.45. The van der Waals surface area contributed by atoms with Crippen molar-refractivity contribution in [3.8, 4) is 11.5 Å². The van der Waals surface area contributed by atoms with E-state index in [2.05, 4.69) is 15.9 Å². The predicted octanol–water partition coefficient (Wildman–Crippen LogP) is 5.06. The molecule has 0 N–H and O–H groups in total. The van der Waals surface area contributed by atoms with Crippen LogP contribution in [0.5, 0.6) is 11.5 Å². The van der Waals surface area contributed by atoms with Gasteiger partial charge in [-0.1, -0.05) is 28.1 Å². The van der Waals surface area contributed by atoms with Crippen LogP contribution in [-0.4, -0.2) is 7.11 Å². The van der Waals surface area contributed by atoms with Gasteiger partial charge in [0.25, 0.3) is 0 Å². The van der Waals surface area contributed by atoms with Gasteiger partial charge < -0.3 is 9.47 Å². The van der Waals surface area contributed by atoms with Crippen molar-refractivity contribution in [2.75, 3.05) is 7.11 Å². The summed E-state index contributed by atoms with van der Waals surface area (Å²) < 4.78 is 49.5. The number of ether oxygens (including phenoxy) is 2. The first-order chi connectivity index (χ1) is 9.90. The summed E-state index contributed by atoms with van der Waals surface area (Å²) >= 11 is 3.14. The van der Waals surface area contributed by atoms with Crippen molar-refractivity contribution in [1.29, 1.82) is 0 Å². The summed E-state index contributed by atoms with van der Waals surface area (Å²) in [5, 5.41) is 0. The molecule has 112 valence electrons. The van der Waals surface area contributed by atoms with Crippen LogP contribution < -0.4 is 9.47 Å². The fourth-order valence-electron chi connectivity index (χ4n) is 1.73. The van der Waals surface area contributed by atoms with E-state index in [4.69, 9.17) is 9.47 Å². The minimum Gasteiger partial charge on any atom is -0.497 e. The number of benzene rings is 2. The number of hydrogen-bond acceptors (Lipinski definition) is 2. The lowest BCUT2D eigenvalue weighted by molar-refractivity contribution is -0.139. The van der Waals surface area contributed by atoms with Gasteiger partial charge in [-0.25, -0.2) is 0 Å². The zero-order chi connectivity index (χ0) is 15.5. The molecule has 0 bridgehead atoms. The predicted molar refractivity (Wildman–Crippen MR) is 76.5 cm³/mol. The molecule has 0 atom stereocenters. The van der Waals surface area contributed by atoms with Gasteiger partial charge in [0.05, 0.1) is 12.7 Å². The Morgan fingerprint density at radius 1 is 1.05 bits per heavy atom. The number of rotatable bonds is 4. The molecular weight excluding hydrogens is 349 g/mol. The Balaban J connectivity index is 2.17. The maximum Gasteiger partial charge on any atom is 0.419 e. The Bertz CT molecular complexity index is 609. The maximum absolute atomic E-state index is 12.9. The highest BCUT2D eigenvalue weighted by Gasteiger charge is 2.34. The average Bonchev–Trinajstić information content (AvgIpc) is 2.44. The lowest BCUT2D eigenvalue weighted by atomic mass is 10.2. The molecule has 21 heavy (non-hydrogen) atoms. The molecule has 2 aromatic carbocycles. The zero-order valence-electron chi connectivity index (χ0n) is 11.1. The Labute approximate surface area is 128 Å². The standard InChI is InChI=1S/C15H12BrF3O2/c1-20-12-5-2-10(3-6-12)9-21-14-8-11(16)4-7-13(14)15(17,18)19/h2-8H,9H2,1H3. The van der Waals surface area contributed by atoms with Crippen LogP contribution in [0.15, 0.2) is 46.9 Å². The molecule has 2 rings (SSSR count). The highest BCUT2D eigenvalue weighted by molar-refractivity contribution is 9.10. The molecule has 0 saturated heterocycles. The van der Waals surface area contributed by atoms with E-state index < -0.39 is 11.7 Å². The molecule has 0 heterocycles. The summed E-state index contributed by atoms with van der Waals surface area (Å²) in [5.41, 5.74) is -0.0388. The van der Waals surface area contributed by atoms with Gasteiger partial charge in [0.15, 0.2) is 0 Å². The molecule has 0 aliphatic heterocycles. The molecule has 0 fully saturated rings. The molecule has 6 heteroatoms. The second-order valence-corrected chi connectivity index (χ2v) is 5.19. The van der Waals surface area contributed by atoms with Crippen LogP contribution in [0.3, 0.4) is 0 Å². The quantitative estimate of drug-likeness (QED) is 0.758. The number of methoxy groups -OCH3 is 1. The lowest BCUT2D eigenvalue weighted by Crippen LogP contribution is -2.08. The van der Waals surface area contributed by atoms with Crippen LogP contribution in [0.2, 0.25) is 0 Å². The van der Waals surface area contributed by atoms with E-state index in [-0.39, 0.29) is 12.4 Å². The van der Waals surface area contributed by atoms with Gasteiger partial charge in [-0.05, 0) is 35.9 Å². The van der Waals surface area contributed by atoms with Crippen LogP contribution in [0.1, 0.15) is 11.1 Å². The van der Waals surface area contributed by atoms with Crippen molar-refractivity contribution < 1.29 is 22.6 Å².